The predicted molar refractivity (Wildman–Crippen MR) is 108 cm³/mol. The van der Waals surface area contributed by atoms with E-state index in [0.717, 1.165) is 22.6 Å². The van der Waals surface area contributed by atoms with Gasteiger partial charge in [-0.2, -0.15) is 5.10 Å². The van der Waals surface area contributed by atoms with Crippen molar-refractivity contribution >= 4 is 17.5 Å². The summed E-state index contributed by atoms with van der Waals surface area (Å²) in [7, 11) is 1.60. The van der Waals surface area contributed by atoms with Crippen LogP contribution in [0.1, 0.15) is 16.7 Å². The number of nitrogens with zero attached hydrogens (tertiary/aromatic N) is 4. The van der Waals surface area contributed by atoms with E-state index in [0.29, 0.717) is 11.4 Å². The summed E-state index contributed by atoms with van der Waals surface area (Å²) < 4.78 is 5.18. The number of ether oxygens (including phenoxy) is 1. The topological polar surface area (TPSA) is 104 Å². The van der Waals surface area contributed by atoms with Gasteiger partial charge in [-0.15, -0.1) is 10.2 Å². The molecule has 8 nitrogen and oxygen atoms in total. The second kappa shape index (κ2) is 8.72. The lowest BCUT2D eigenvalue weighted by Gasteiger charge is -2.05. The fourth-order valence-electron chi connectivity index (χ4n) is 2.22. The van der Waals surface area contributed by atoms with Crippen LogP contribution in [-0.2, 0) is 0 Å². The maximum Gasteiger partial charge on any atom is 0.255 e. The van der Waals surface area contributed by atoms with Crippen molar-refractivity contribution in [1.29, 1.82) is 0 Å². The third-order valence-electron chi connectivity index (χ3n) is 3.89. The highest BCUT2D eigenvalue weighted by atomic mass is 16.5. The molecule has 8 heteroatoms. The number of nitrogens with one attached hydrogen (secondary N) is 2. The van der Waals surface area contributed by atoms with Crippen molar-refractivity contribution in [2.75, 3.05) is 12.5 Å². The van der Waals surface area contributed by atoms with E-state index in [1.54, 1.807) is 26.2 Å². The summed E-state index contributed by atoms with van der Waals surface area (Å²) in [6.45, 7) is 3.68. The standard InChI is InChI=1S/C20H20N6O2/c1-13-4-8-16(9-5-13)23-24-18(15-6-10-17(28-3)11-7-15)25-26-20-21-12-14(2)19(27)22-20/h4-12,23H,1-3H3,(H,21,22,27)/b24-18+,26-25?. The smallest absolute Gasteiger partial charge is 0.255 e. The number of hydrogen-bond donors (Lipinski definition) is 2. The summed E-state index contributed by atoms with van der Waals surface area (Å²) >= 11 is 0. The molecule has 0 amide bonds. The zero-order valence-corrected chi connectivity index (χ0v) is 15.8. The van der Waals surface area contributed by atoms with Crippen LogP contribution in [0.4, 0.5) is 11.6 Å². The summed E-state index contributed by atoms with van der Waals surface area (Å²) in [6, 6.07) is 15.0. The normalized spacial score (nSPS) is 11.6. The van der Waals surface area contributed by atoms with Gasteiger partial charge in [0.05, 0.1) is 12.8 Å². The van der Waals surface area contributed by atoms with Gasteiger partial charge in [0.25, 0.3) is 5.56 Å². The molecule has 1 heterocycles. The van der Waals surface area contributed by atoms with Crippen LogP contribution in [0.25, 0.3) is 0 Å². The minimum Gasteiger partial charge on any atom is -0.497 e. The Labute approximate surface area is 162 Å². The van der Waals surface area contributed by atoms with E-state index in [4.69, 9.17) is 4.74 Å². The molecule has 0 aliphatic rings. The Hall–Kier alpha value is -3.81. The number of aryl methyl sites for hydroxylation is 2. The molecule has 0 atom stereocenters. The van der Waals surface area contributed by atoms with Crippen LogP contribution in [0, 0.1) is 13.8 Å². The largest absolute Gasteiger partial charge is 0.497 e. The summed E-state index contributed by atoms with van der Waals surface area (Å²) in [6.07, 6.45) is 1.45. The molecule has 0 spiro atoms. The van der Waals surface area contributed by atoms with Crippen molar-refractivity contribution in [3.05, 3.63) is 81.8 Å². The van der Waals surface area contributed by atoms with E-state index in [2.05, 4.69) is 30.7 Å². The lowest BCUT2D eigenvalue weighted by Crippen LogP contribution is -2.09. The average Bonchev–Trinajstić information content (AvgIpc) is 2.72. The fraction of sp³-hybridized carbons (Fsp3) is 0.150. The summed E-state index contributed by atoms with van der Waals surface area (Å²) in [5.41, 5.74) is 5.90. The van der Waals surface area contributed by atoms with Crippen molar-refractivity contribution in [2.45, 2.75) is 13.8 Å². The summed E-state index contributed by atoms with van der Waals surface area (Å²) in [5.74, 6) is 1.15. The highest BCUT2D eigenvalue weighted by molar-refractivity contribution is 5.99. The number of hydrazone groups is 1. The average molecular weight is 376 g/mol. The Balaban J connectivity index is 1.91. The molecule has 2 aromatic carbocycles. The number of aromatic nitrogens is 2. The van der Waals surface area contributed by atoms with Crippen molar-refractivity contribution in [1.82, 2.24) is 9.97 Å². The third-order valence-corrected chi connectivity index (χ3v) is 3.89. The molecule has 3 aromatic rings. The van der Waals surface area contributed by atoms with E-state index in [1.807, 2.05) is 43.3 Å². The first-order chi connectivity index (χ1) is 13.5. The maximum absolute atomic E-state index is 11.7. The Morgan fingerprint density at radius 1 is 1.07 bits per heavy atom. The molecule has 2 N–H and O–H groups in total. The van der Waals surface area contributed by atoms with Crippen LogP contribution in [0.15, 0.2) is 74.9 Å². The van der Waals surface area contributed by atoms with Crippen molar-refractivity contribution in [2.24, 2.45) is 15.3 Å². The van der Waals surface area contributed by atoms with E-state index >= 15 is 0 Å². The molecule has 28 heavy (non-hydrogen) atoms. The van der Waals surface area contributed by atoms with Gasteiger partial charge in [0.2, 0.25) is 11.8 Å². The molecule has 0 saturated heterocycles. The molecule has 1 aromatic heterocycles. The molecular weight excluding hydrogens is 356 g/mol. The lowest BCUT2D eigenvalue weighted by molar-refractivity contribution is 0.415. The number of H-pyrrole nitrogens is 1. The predicted octanol–water partition coefficient (Wildman–Crippen LogP) is 3.95. The fourth-order valence-corrected chi connectivity index (χ4v) is 2.22. The van der Waals surface area contributed by atoms with Crippen LogP contribution in [-0.4, -0.2) is 22.9 Å². The number of benzene rings is 2. The monoisotopic (exact) mass is 376 g/mol. The quantitative estimate of drug-likeness (QED) is 0.304. The van der Waals surface area contributed by atoms with Gasteiger partial charge in [0, 0.05) is 17.3 Å². The van der Waals surface area contributed by atoms with Gasteiger partial charge in [-0.1, -0.05) is 17.7 Å². The molecular formula is C20H20N6O2. The Kier molecular flexibility index (Phi) is 5.91. The molecule has 3 rings (SSSR count). The Morgan fingerprint density at radius 2 is 1.79 bits per heavy atom. The number of methoxy groups -OCH3 is 1. The van der Waals surface area contributed by atoms with Crippen molar-refractivity contribution in [3.8, 4) is 5.75 Å². The molecule has 0 saturated carbocycles. The second-order valence-electron chi connectivity index (χ2n) is 6.06. The van der Waals surface area contributed by atoms with Gasteiger partial charge in [-0.05, 0) is 50.2 Å². The highest BCUT2D eigenvalue weighted by Crippen LogP contribution is 2.15. The van der Waals surface area contributed by atoms with Crippen molar-refractivity contribution < 1.29 is 4.74 Å². The number of azo groups is 1. The third kappa shape index (κ3) is 4.88. The SMILES string of the molecule is COc1ccc(/C(N=Nc2ncc(C)c(=O)[nH]2)=N\Nc2ccc(C)cc2)cc1. The zero-order valence-electron chi connectivity index (χ0n) is 15.8. The molecule has 0 fully saturated rings. The minimum absolute atomic E-state index is 0.104. The summed E-state index contributed by atoms with van der Waals surface area (Å²) in [5, 5.41) is 12.5. The van der Waals surface area contributed by atoms with E-state index in [9.17, 15) is 4.79 Å². The van der Waals surface area contributed by atoms with Crippen LogP contribution in [0.3, 0.4) is 0 Å². The number of rotatable bonds is 5. The van der Waals surface area contributed by atoms with Crippen molar-refractivity contribution in [3.63, 3.8) is 0 Å². The number of hydrogen-bond acceptors (Lipinski definition) is 6. The van der Waals surface area contributed by atoms with Gasteiger partial charge in [-0.3, -0.25) is 15.2 Å². The molecule has 0 aliphatic heterocycles. The minimum atomic E-state index is -0.260. The lowest BCUT2D eigenvalue weighted by atomic mass is 10.2. The zero-order chi connectivity index (χ0) is 19.9. The van der Waals surface area contributed by atoms with E-state index in [-0.39, 0.29) is 11.5 Å². The number of anilines is 1. The Morgan fingerprint density at radius 3 is 2.43 bits per heavy atom. The van der Waals surface area contributed by atoms with Gasteiger partial charge in [0.15, 0.2) is 0 Å². The van der Waals surface area contributed by atoms with E-state index < -0.39 is 0 Å². The maximum atomic E-state index is 11.7. The van der Waals surface area contributed by atoms with Crippen LogP contribution in [0.5, 0.6) is 5.75 Å². The van der Waals surface area contributed by atoms with Crippen LogP contribution < -0.4 is 15.7 Å². The number of aromatic amines is 1. The van der Waals surface area contributed by atoms with E-state index in [1.165, 1.54) is 6.20 Å². The second-order valence-corrected chi connectivity index (χ2v) is 6.06. The van der Waals surface area contributed by atoms with Gasteiger partial charge in [0.1, 0.15) is 5.75 Å². The molecule has 142 valence electrons. The number of amidine groups is 1. The first-order valence-corrected chi connectivity index (χ1v) is 8.57. The van der Waals surface area contributed by atoms with Gasteiger partial charge >= 0.3 is 0 Å². The first kappa shape index (κ1) is 19.0. The molecule has 0 bridgehead atoms. The summed E-state index contributed by atoms with van der Waals surface area (Å²) in [4.78, 5) is 18.3. The molecule has 0 radical (unpaired) electrons. The van der Waals surface area contributed by atoms with Gasteiger partial charge in [-0.25, -0.2) is 4.98 Å². The highest BCUT2D eigenvalue weighted by Gasteiger charge is 2.05. The van der Waals surface area contributed by atoms with Crippen LogP contribution >= 0.6 is 0 Å². The molecule has 0 aliphatic carbocycles. The Bertz CT molecular complexity index is 1050. The van der Waals surface area contributed by atoms with Gasteiger partial charge < -0.3 is 4.74 Å². The first-order valence-electron chi connectivity index (χ1n) is 8.57. The molecule has 0 unspecified atom stereocenters. The van der Waals surface area contributed by atoms with Crippen LogP contribution in [0.2, 0.25) is 0 Å².